The molecule has 102 valence electrons. The van der Waals surface area contributed by atoms with Gasteiger partial charge in [0.15, 0.2) is 0 Å². The third-order valence-corrected chi connectivity index (χ3v) is 4.32. The topological polar surface area (TPSA) is 66.6 Å². The normalized spacial score (nSPS) is 32.7. The smallest absolute Gasteiger partial charge is 0.324 e. The molecule has 0 aromatic heterocycles. The van der Waals surface area contributed by atoms with Gasteiger partial charge in [-0.05, 0) is 38.8 Å². The molecule has 1 rings (SSSR count). The summed E-state index contributed by atoms with van der Waals surface area (Å²) in [7, 11) is 7.57. The zero-order chi connectivity index (χ0) is 13.8. The molecule has 0 bridgehead atoms. The fourth-order valence-corrected chi connectivity index (χ4v) is 2.94. The molecule has 1 fully saturated rings. The van der Waals surface area contributed by atoms with Gasteiger partial charge in [0.2, 0.25) is 0 Å². The summed E-state index contributed by atoms with van der Waals surface area (Å²) in [5, 5.41) is 9.46. The van der Waals surface area contributed by atoms with Crippen LogP contribution < -0.4 is 5.73 Å². The van der Waals surface area contributed by atoms with Gasteiger partial charge in [-0.3, -0.25) is 4.79 Å². The van der Waals surface area contributed by atoms with E-state index in [1.165, 1.54) is 0 Å². The maximum atomic E-state index is 11.5. The summed E-state index contributed by atoms with van der Waals surface area (Å²) in [5.41, 5.74) is 5.12. The Kier molecular flexibility index (Phi) is 5.66. The summed E-state index contributed by atoms with van der Waals surface area (Å²) < 4.78 is 0. The van der Waals surface area contributed by atoms with Crippen LogP contribution in [0.3, 0.4) is 0 Å². The van der Waals surface area contributed by atoms with Crippen LogP contribution in [0.2, 0.25) is 6.32 Å². The average Bonchev–Trinajstić information content (AvgIpc) is 2.32. The van der Waals surface area contributed by atoms with Gasteiger partial charge in [0.25, 0.3) is 0 Å². The number of nitrogens with two attached hydrogens (primary N) is 1. The van der Waals surface area contributed by atoms with Crippen molar-refractivity contribution in [3.05, 3.63) is 0 Å². The Morgan fingerprint density at radius 3 is 2.72 bits per heavy atom. The minimum Gasteiger partial charge on any atom is -0.480 e. The fraction of sp³-hybridized carbons (Fsp3) is 0.923. The van der Waals surface area contributed by atoms with Crippen LogP contribution in [-0.4, -0.2) is 49.5 Å². The second-order valence-corrected chi connectivity index (χ2v) is 5.62. The largest absolute Gasteiger partial charge is 0.480 e. The summed E-state index contributed by atoms with van der Waals surface area (Å²) >= 11 is 0. The lowest BCUT2D eigenvalue weighted by Gasteiger charge is -2.43. The van der Waals surface area contributed by atoms with Crippen molar-refractivity contribution in [1.82, 2.24) is 4.90 Å². The standard InChI is InChI=1S/C13H25BN2O2/c1-3-16(2)9-11-5-4-10(6-7-14)8-13(11,15)12(17)18/h10-11H,3-9,15H2,1-2H3,(H,17,18)/t10-,11-,13+/m0/s1. The van der Waals surface area contributed by atoms with Gasteiger partial charge in [0.05, 0.1) is 7.85 Å². The predicted molar refractivity (Wildman–Crippen MR) is 73.7 cm³/mol. The quantitative estimate of drug-likeness (QED) is 0.695. The van der Waals surface area contributed by atoms with E-state index in [1.54, 1.807) is 0 Å². The second kappa shape index (κ2) is 6.57. The molecule has 0 amide bonds. The maximum absolute atomic E-state index is 11.5. The van der Waals surface area contributed by atoms with E-state index in [4.69, 9.17) is 13.6 Å². The second-order valence-electron chi connectivity index (χ2n) is 5.62. The van der Waals surface area contributed by atoms with Crippen molar-refractivity contribution >= 4 is 13.8 Å². The van der Waals surface area contributed by atoms with Crippen LogP contribution in [0.4, 0.5) is 0 Å². The van der Waals surface area contributed by atoms with E-state index in [0.29, 0.717) is 18.7 Å². The molecule has 0 saturated heterocycles. The Bertz CT molecular complexity index is 288. The predicted octanol–water partition coefficient (Wildman–Crippen LogP) is 1.11. The molecular formula is C13H25BN2O2. The van der Waals surface area contributed by atoms with Gasteiger partial charge in [-0.2, -0.15) is 0 Å². The highest BCUT2D eigenvalue weighted by molar-refractivity contribution is 6.08. The van der Waals surface area contributed by atoms with E-state index in [9.17, 15) is 9.90 Å². The Morgan fingerprint density at radius 1 is 1.56 bits per heavy atom. The fourth-order valence-electron chi connectivity index (χ4n) is 2.94. The van der Waals surface area contributed by atoms with Crippen LogP contribution in [0.1, 0.15) is 32.6 Å². The molecule has 0 heterocycles. The third-order valence-electron chi connectivity index (χ3n) is 4.32. The molecule has 18 heavy (non-hydrogen) atoms. The monoisotopic (exact) mass is 252 g/mol. The van der Waals surface area contributed by atoms with E-state index in [-0.39, 0.29) is 5.92 Å². The van der Waals surface area contributed by atoms with Crippen molar-refractivity contribution in [3.8, 4) is 0 Å². The molecule has 5 heteroatoms. The number of carboxylic acid groups (broad SMARTS) is 1. The molecule has 0 spiro atoms. The first-order valence-electron chi connectivity index (χ1n) is 6.84. The van der Waals surface area contributed by atoms with Crippen LogP contribution in [-0.2, 0) is 4.79 Å². The van der Waals surface area contributed by atoms with E-state index in [1.807, 2.05) is 7.05 Å². The van der Waals surface area contributed by atoms with Crippen LogP contribution >= 0.6 is 0 Å². The lowest BCUT2D eigenvalue weighted by Crippen LogP contribution is -2.59. The average molecular weight is 252 g/mol. The molecule has 0 aromatic rings. The maximum Gasteiger partial charge on any atom is 0.324 e. The summed E-state index contributed by atoms with van der Waals surface area (Å²) in [4.78, 5) is 13.7. The number of carbonyl (C=O) groups is 1. The van der Waals surface area contributed by atoms with Gasteiger partial charge in [-0.1, -0.05) is 19.7 Å². The highest BCUT2D eigenvalue weighted by atomic mass is 16.4. The highest BCUT2D eigenvalue weighted by Gasteiger charge is 2.46. The Balaban J connectivity index is 2.75. The molecule has 1 aliphatic rings. The van der Waals surface area contributed by atoms with Crippen LogP contribution in [0.5, 0.6) is 0 Å². The number of hydrogen-bond donors (Lipinski definition) is 2. The lowest BCUT2D eigenvalue weighted by molar-refractivity contribution is -0.148. The molecule has 0 aromatic carbocycles. The van der Waals surface area contributed by atoms with Crippen LogP contribution in [0, 0.1) is 11.8 Å². The first-order valence-corrected chi connectivity index (χ1v) is 6.84. The minimum absolute atomic E-state index is 0.0361. The SMILES string of the molecule is [B]CC[C@@H]1CC[C@@H](CN(C)CC)[C@@](N)(C(=O)O)C1. The molecule has 0 aliphatic heterocycles. The number of aliphatic carboxylic acids is 1. The Morgan fingerprint density at radius 2 is 2.22 bits per heavy atom. The first kappa shape index (κ1) is 15.5. The zero-order valence-electron chi connectivity index (χ0n) is 11.6. The van der Waals surface area contributed by atoms with Gasteiger partial charge < -0.3 is 15.7 Å². The van der Waals surface area contributed by atoms with Gasteiger partial charge in [-0.15, -0.1) is 0 Å². The molecule has 2 radical (unpaired) electrons. The number of carboxylic acids is 1. The molecule has 0 unspecified atom stereocenters. The number of hydrogen-bond acceptors (Lipinski definition) is 3. The van der Waals surface area contributed by atoms with Gasteiger partial charge >= 0.3 is 5.97 Å². The molecular weight excluding hydrogens is 227 g/mol. The summed E-state index contributed by atoms with van der Waals surface area (Å²) in [6, 6.07) is 0. The van der Waals surface area contributed by atoms with E-state index in [2.05, 4.69) is 11.8 Å². The van der Waals surface area contributed by atoms with E-state index in [0.717, 1.165) is 32.4 Å². The van der Waals surface area contributed by atoms with Gasteiger partial charge in [0, 0.05) is 12.5 Å². The van der Waals surface area contributed by atoms with Crippen molar-refractivity contribution in [3.63, 3.8) is 0 Å². The molecule has 3 atom stereocenters. The van der Waals surface area contributed by atoms with Crippen molar-refractivity contribution in [1.29, 1.82) is 0 Å². The first-order chi connectivity index (χ1) is 8.43. The van der Waals surface area contributed by atoms with Gasteiger partial charge in [0.1, 0.15) is 5.54 Å². The number of rotatable bonds is 6. The van der Waals surface area contributed by atoms with Crippen molar-refractivity contribution in [2.24, 2.45) is 17.6 Å². The Hall–Kier alpha value is -0.545. The highest BCUT2D eigenvalue weighted by Crippen LogP contribution is 2.38. The third kappa shape index (κ3) is 3.48. The summed E-state index contributed by atoms with van der Waals surface area (Å²) in [5.74, 6) is -0.466. The Labute approximate surface area is 111 Å². The minimum atomic E-state index is -1.08. The molecule has 4 nitrogen and oxygen atoms in total. The van der Waals surface area contributed by atoms with Crippen molar-refractivity contribution < 1.29 is 9.90 Å². The summed E-state index contributed by atoms with van der Waals surface area (Å²) in [6.07, 6.45) is 3.98. The van der Waals surface area contributed by atoms with Crippen molar-refractivity contribution in [2.45, 2.75) is 44.5 Å². The zero-order valence-corrected chi connectivity index (χ0v) is 11.6. The van der Waals surface area contributed by atoms with E-state index >= 15 is 0 Å². The number of nitrogens with zero attached hydrogens (tertiary/aromatic N) is 1. The van der Waals surface area contributed by atoms with Crippen LogP contribution in [0.25, 0.3) is 0 Å². The van der Waals surface area contributed by atoms with E-state index < -0.39 is 11.5 Å². The van der Waals surface area contributed by atoms with Crippen LogP contribution in [0.15, 0.2) is 0 Å². The van der Waals surface area contributed by atoms with Crippen molar-refractivity contribution in [2.75, 3.05) is 20.1 Å². The lowest BCUT2D eigenvalue weighted by atomic mass is 9.67. The summed E-state index contributed by atoms with van der Waals surface area (Å²) in [6.45, 7) is 3.74. The van der Waals surface area contributed by atoms with Gasteiger partial charge in [-0.25, -0.2) is 0 Å². The molecule has 1 aliphatic carbocycles. The molecule has 1 saturated carbocycles. The molecule has 3 N–H and O–H groups in total.